The lowest BCUT2D eigenvalue weighted by Crippen LogP contribution is -1.75. The number of hydrogen-bond donors (Lipinski definition) is 0. The van der Waals surface area contributed by atoms with Gasteiger partial charge in [0.15, 0.2) is 0 Å². The Bertz CT molecular complexity index is 357. The maximum Gasteiger partial charge on any atom is 0.116 e. The van der Waals surface area contributed by atoms with Gasteiger partial charge in [0.25, 0.3) is 0 Å². The van der Waals surface area contributed by atoms with Crippen LogP contribution in [0.2, 0.25) is 0 Å². The van der Waals surface area contributed by atoms with Gasteiger partial charge in [-0.3, -0.25) is 0 Å². The van der Waals surface area contributed by atoms with Crippen molar-refractivity contribution in [2.24, 2.45) is 0 Å². The monoisotopic (exact) mass is 262 g/mol. The molecule has 0 aliphatic rings. The van der Waals surface area contributed by atoms with Gasteiger partial charge in [-0.2, -0.15) is 0 Å². The first-order valence-electron chi connectivity index (χ1n) is 2.70. The zero-order valence-corrected chi connectivity index (χ0v) is 7.89. The summed E-state index contributed by atoms with van der Waals surface area (Å²) in [6.07, 6.45) is 3.42. The number of aromatic nitrogens is 2. The summed E-state index contributed by atoms with van der Waals surface area (Å²) in [6.45, 7) is 0. The molecule has 0 amide bonds. The minimum atomic E-state index is 1.07. The van der Waals surface area contributed by atoms with E-state index in [0.717, 1.165) is 10.2 Å². The van der Waals surface area contributed by atoms with Crippen LogP contribution in [0.15, 0.2) is 17.9 Å². The van der Waals surface area contributed by atoms with Crippen molar-refractivity contribution in [2.75, 3.05) is 0 Å². The average molecular weight is 262 g/mol. The molecular weight excluding hydrogens is 259 g/mol. The van der Waals surface area contributed by atoms with Gasteiger partial charge in [-0.15, -0.1) is 11.3 Å². The molecule has 0 spiro atoms. The third-order valence-corrected chi connectivity index (χ3v) is 3.35. The van der Waals surface area contributed by atoms with Gasteiger partial charge in [0, 0.05) is 11.6 Å². The van der Waals surface area contributed by atoms with Crippen molar-refractivity contribution in [1.29, 1.82) is 0 Å². The maximum absolute atomic E-state index is 4.13. The van der Waals surface area contributed by atoms with Gasteiger partial charge >= 0.3 is 0 Å². The fourth-order valence-corrected chi connectivity index (χ4v) is 2.49. The first-order chi connectivity index (χ1) is 4.88. The molecule has 0 aliphatic heterocycles. The second kappa shape index (κ2) is 2.43. The third kappa shape index (κ3) is 0.911. The Labute approximate surface area is 75.5 Å². The summed E-state index contributed by atoms with van der Waals surface area (Å²) in [7, 11) is 0. The molecule has 0 aromatic carbocycles. The molecule has 0 saturated carbocycles. The van der Waals surface area contributed by atoms with Crippen LogP contribution in [0.1, 0.15) is 0 Å². The van der Waals surface area contributed by atoms with Crippen molar-refractivity contribution in [3.05, 3.63) is 21.5 Å². The zero-order chi connectivity index (χ0) is 6.97. The molecule has 0 fully saturated rings. The fraction of sp³-hybridized carbons (Fsp3) is 0. The van der Waals surface area contributed by atoms with Gasteiger partial charge in [0.05, 0.1) is 13.8 Å². The molecule has 2 nitrogen and oxygen atoms in total. The van der Waals surface area contributed by atoms with Crippen molar-refractivity contribution >= 4 is 44.1 Å². The zero-order valence-electron chi connectivity index (χ0n) is 4.91. The van der Waals surface area contributed by atoms with Gasteiger partial charge in [-0.25, -0.2) is 9.97 Å². The van der Waals surface area contributed by atoms with E-state index in [4.69, 9.17) is 0 Å². The van der Waals surface area contributed by atoms with Crippen molar-refractivity contribution in [2.45, 2.75) is 0 Å². The highest BCUT2D eigenvalue weighted by Gasteiger charge is 1.99. The molecule has 0 N–H and O–H groups in total. The lowest BCUT2D eigenvalue weighted by molar-refractivity contribution is 1.23. The van der Waals surface area contributed by atoms with E-state index in [1.54, 1.807) is 17.7 Å². The van der Waals surface area contributed by atoms with E-state index < -0.39 is 0 Å². The second-order valence-corrected chi connectivity index (χ2v) is 3.89. The van der Waals surface area contributed by atoms with E-state index in [1.807, 2.05) is 6.20 Å². The van der Waals surface area contributed by atoms with Gasteiger partial charge in [-0.1, -0.05) is 0 Å². The van der Waals surface area contributed by atoms with Crippen LogP contribution in [0.4, 0.5) is 0 Å². The fourth-order valence-electron chi connectivity index (χ4n) is 0.753. The number of rotatable bonds is 0. The summed E-state index contributed by atoms with van der Waals surface area (Å²) in [4.78, 5) is 8.05. The van der Waals surface area contributed by atoms with Crippen molar-refractivity contribution in [1.82, 2.24) is 9.97 Å². The highest BCUT2D eigenvalue weighted by molar-refractivity contribution is 14.1. The van der Waals surface area contributed by atoms with E-state index in [1.165, 1.54) is 3.57 Å². The standard InChI is InChI=1S/C6H3IN2S/c7-4-2-10-5-1-8-3-9-6(4)5/h1-3H. The Morgan fingerprint density at radius 1 is 1.50 bits per heavy atom. The lowest BCUT2D eigenvalue weighted by atomic mass is 10.5. The molecule has 0 aliphatic carbocycles. The number of halogens is 1. The predicted molar refractivity (Wildman–Crippen MR) is 50.1 cm³/mol. The minimum Gasteiger partial charge on any atom is -0.243 e. The molecule has 0 bridgehead atoms. The number of nitrogens with zero attached hydrogens (tertiary/aromatic N) is 2. The van der Waals surface area contributed by atoms with Crippen LogP contribution in [-0.2, 0) is 0 Å². The first kappa shape index (κ1) is 6.48. The summed E-state index contributed by atoms with van der Waals surface area (Å²) >= 11 is 3.95. The Kier molecular flexibility index (Phi) is 1.57. The van der Waals surface area contributed by atoms with E-state index >= 15 is 0 Å². The van der Waals surface area contributed by atoms with Crippen molar-refractivity contribution < 1.29 is 0 Å². The molecule has 2 aromatic rings. The molecule has 50 valence electrons. The maximum atomic E-state index is 4.13. The summed E-state index contributed by atoms with van der Waals surface area (Å²) < 4.78 is 2.37. The number of fused-ring (bicyclic) bond motifs is 1. The van der Waals surface area contributed by atoms with Crippen molar-refractivity contribution in [3.8, 4) is 0 Å². The second-order valence-electron chi connectivity index (χ2n) is 1.82. The predicted octanol–water partition coefficient (Wildman–Crippen LogP) is 2.30. The Morgan fingerprint density at radius 3 is 3.20 bits per heavy atom. The van der Waals surface area contributed by atoms with E-state index in [-0.39, 0.29) is 0 Å². The number of hydrogen-bond acceptors (Lipinski definition) is 3. The van der Waals surface area contributed by atoms with Crippen LogP contribution in [-0.4, -0.2) is 9.97 Å². The molecule has 0 radical (unpaired) electrons. The Balaban J connectivity index is 2.93. The summed E-state index contributed by atoms with van der Waals surface area (Å²) in [5, 5.41) is 2.08. The summed E-state index contributed by atoms with van der Waals surface area (Å²) in [6, 6.07) is 0. The summed E-state index contributed by atoms with van der Waals surface area (Å²) in [5.74, 6) is 0. The number of thiophene rings is 1. The Hall–Kier alpha value is -0.230. The molecular formula is C6H3IN2S. The molecule has 0 atom stereocenters. The van der Waals surface area contributed by atoms with E-state index in [0.29, 0.717) is 0 Å². The van der Waals surface area contributed by atoms with Gasteiger partial charge in [0.1, 0.15) is 6.33 Å². The van der Waals surface area contributed by atoms with Crippen molar-refractivity contribution in [3.63, 3.8) is 0 Å². The third-order valence-electron chi connectivity index (χ3n) is 1.19. The van der Waals surface area contributed by atoms with Crippen LogP contribution < -0.4 is 0 Å². The first-order valence-corrected chi connectivity index (χ1v) is 4.66. The van der Waals surface area contributed by atoms with Gasteiger partial charge < -0.3 is 0 Å². The van der Waals surface area contributed by atoms with E-state index in [2.05, 4.69) is 37.9 Å². The molecule has 2 aromatic heterocycles. The molecule has 4 heteroatoms. The van der Waals surface area contributed by atoms with Crippen LogP contribution in [0.3, 0.4) is 0 Å². The Morgan fingerprint density at radius 2 is 2.40 bits per heavy atom. The molecule has 0 saturated heterocycles. The smallest absolute Gasteiger partial charge is 0.116 e. The lowest BCUT2D eigenvalue weighted by Gasteiger charge is -1.84. The highest BCUT2D eigenvalue weighted by atomic mass is 127. The van der Waals surface area contributed by atoms with Crippen LogP contribution in [0.25, 0.3) is 10.2 Å². The SMILES string of the molecule is Ic1csc2cncnc12. The van der Waals surface area contributed by atoms with Crippen LogP contribution in [0, 0.1) is 3.57 Å². The van der Waals surface area contributed by atoms with Crippen LogP contribution >= 0.6 is 33.9 Å². The quantitative estimate of drug-likeness (QED) is 0.681. The molecule has 0 unspecified atom stereocenters. The summed E-state index contributed by atoms with van der Waals surface area (Å²) in [5.41, 5.74) is 1.07. The molecule has 2 heterocycles. The molecule has 2 rings (SSSR count). The highest BCUT2D eigenvalue weighted by Crippen LogP contribution is 2.23. The average Bonchev–Trinajstić information content (AvgIpc) is 2.34. The minimum absolute atomic E-state index is 1.07. The van der Waals surface area contributed by atoms with Gasteiger partial charge in [-0.05, 0) is 22.6 Å². The molecule has 10 heavy (non-hydrogen) atoms. The van der Waals surface area contributed by atoms with Crippen LogP contribution in [0.5, 0.6) is 0 Å². The van der Waals surface area contributed by atoms with Gasteiger partial charge in [0.2, 0.25) is 0 Å². The van der Waals surface area contributed by atoms with E-state index in [9.17, 15) is 0 Å². The topological polar surface area (TPSA) is 25.8 Å². The largest absolute Gasteiger partial charge is 0.243 e. The normalized spacial score (nSPS) is 10.5.